The first-order valence-corrected chi connectivity index (χ1v) is 13.3. The van der Waals surface area contributed by atoms with Crippen LogP contribution >= 0.6 is 0 Å². The van der Waals surface area contributed by atoms with Gasteiger partial charge in [-0.1, -0.05) is 25.7 Å². The largest absolute Gasteiger partial charge is 0.460 e. The normalized spacial score (nSPS) is 26.6. The fraction of sp³-hybridized carbons (Fsp3) is 0.926. The number of hydrogen-bond acceptors (Lipinski definition) is 4. The van der Waals surface area contributed by atoms with Crippen LogP contribution in [0.3, 0.4) is 0 Å². The lowest BCUT2D eigenvalue weighted by Crippen LogP contribution is -2.38. The molecule has 0 radical (unpaired) electrons. The summed E-state index contributed by atoms with van der Waals surface area (Å²) in [6.07, 6.45) is 12.2. The van der Waals surface area contributed by atoms with E-state index in [9.17, 15) is 9.59 Å². The Balaban J connectivity index is 1.55. The van der Waals surface area contributed by atoms with E-state index in [1.165, 1.54) is 57.8 Å². The highest BCUT2D eigenvalue weighted by molar-refractivity contribution is 5.70. The molecule has 0 N–H and O–H groups in total. The van der Waals surface area contributed by atoms with Crippen molar-refractivity contribution in [2.75, 3.05) is 68.6 Å². The molecule has 0 aromatic rings. The highest BCUT2D eigenvalue weighted by atomic mass is 16.5. The fourth-order valence-corrected chi connectivity index (χ4v) is 5.27. The van der Waals surface area contributed by atoms with E-state index >= 15 is 0 Å². The van der Waals surface area contributed by atoms with Gasteiger partial charge in [-0.25, -0.2) is 0 Å². The number of likely N-dealkylation sites (N-methyl/N-ethyl adjacent to an activating group) is 2. The molecule has 0 aromatic heterocycles. The van der Waals surface area contributed by atoms with E-state index in [-0.39, 0.29) is 11.9 Å². The van der Waals surface area contributed by atoms with Crippen molar-refractivity contribution >= 4 is 11.9 Å². The lowest BCUT2D eigenvalue weighted by molar-refractivity contribution is -0.870. The summed E-state index contributed by atoms with van der Waals surface area (Å²) < 4.78 is 12.6. The Kier molecular flexibility index (Phi) is 11.1. The first kappa shape index (κ1) is 28.1. The number of carbonyl (C=O) groups is 2. The van der Waals surface area contributed by atoms with Crippen molar-refractivity contribution < 1.29 is 28.0 Å². The quantitative estimate of drug-likeness (QED) is 0.317. The maximum atomic E-state index is 12.1. The predicted molar refractivity (Wildman–Crippen MR) is 132 cm³/mol. The minimum absolute atomic E-state index is 0.0128. The van der Waals surface area contributed by atoms with Gasteiger partial charge < -0.3 is 18.4 Å². The molecule has 6 nitrogen and oxygen atoms in total. The van der Waals surface area contributed by atoms with Crippen LogP contribution < -0.4 is 0 Å². The summed E-state index contributed by atoms with van der Waals surface area (Å²) in [6.45, 7) is 2.76. The molecule has 0 unspecified atom stereocenters. The fourth-order valence-electron chi connectivity index (χ4n) is 5.27. The molecule has 2 fully saturated rings. The number of rotatable bonds is 12. The second kappa shape index (κ2) is 13.1. The third-order valence-electron chi connectivity index (χ3n) is 7.56. The van der Waals surface area contributed by atoms with E-state index in [0.29, 0.717) is 37.9 Å². The number of esters is 2. The molecule has 2 aliphatic carbocycles. The molecule has 0 aromatic carbocycles. The standard InChI is InChI=1S/C27H52N2O4/c1-28(2,3)15-17-32-26(30)20-24-11-7-22(8-12-24)19-23-9-13-25(14-10-23)21-27(31)33-18-16-29(4,5)6/h22-25H,7-21H2,1-6H3/q+2. The molecule has 2 rings (SSSR count). The van der Waals surface area contributed by atoms with Crippen LogP contribution in [-0.4, -0.2) is 89.5 Å². The summed E-state index contributed by atoms with van der Waals surface area (Å²) in [6, 6.07) is 0. The molecule has 0 aliphatic heterocycles. The van der Waals surface area contributed by atoms with Crippen LogP contribution in [0.4, 0.5) is 0 Å². The average Bonchev–Trinajstić information content (AvgIpc) is 2.69. The monoisotopic (exact) mass is 468 g/mol. The van der Waals surface area contributed by atoms with Gasteiger partial charge >= 0.3 is 11.9 Å². The predicted octanol–water partition coefficient (Wildman–Crippen LogP) is 4.27. The van der Waals surface area contributed by atoms with Crippen molar-refractivity contribution in [2.24, 2.45) is 23.7 Å². The third kappa shape index (κ3) is 12.8. The van der Waals surface area contributed by atoms with E-state index < -0.39 is 0 Å². The van der Waals surface area contributed by atoms with Crippen molar-refractivity contribution in [3.8, 4) is 0 Å². The molecule has 0 bridgehead atoms. The minimum Gasteiger partial charge on any atom is -0.460 e. The summed E-state index contributed by atoms with van der Waals surface area (Å²) >= 11 is 0. The molecule has 33 heavy (non-hydrogen) atoms. The van der Waals surface area contributed by atoms with Crippen molar-refractivity contribution in [3.63, 3.8) is 0 Å². The maximum absolute atomic E-state index is 12.1. The van der Waals surface area contributed by atoms with E-state index in [0.717, 1.165) is 33.9 Å². The maximum Gasteiger partial charge on any atom is 0.306 e. The number of hydrogen-bond donors (Lipinski definition) is 0. The minimum atomic E-state index is -0.0128. The van der Waals surface area contributed by atoms with Crippen molar-refractivity contribution in [1.82, 2.24) is 0 Å². The highest BCUT2D eigenvalue weighted by Crippen LogP contribution is 2.39. The second-order valence-corrected chi connectivity index (χ2v) is 12.9. The van der Waals surface area contributed by atoms with Gasteiger partial charge in [0.15, 0.2) is 0 Å². The van der Waals surface area contributed by atoms with Gasteiger partial charge in [0.25, 0.3) is 0 Å². The van der Waals surface area contributed by atoms with Gasteiger partial charge in [0.1, 0.15) is 26.3 Å². The van der Waals surface area contributed by atoms with E-state index in [4.69, 9.17) is 9.47 Å². The molecule has 6 heteroatoms. The molecule has 0 spiro atoms. The highest BCUT2D eigenvalue weighted by Gasteiger charge is 2.29. The lowest BCUT2D eigenvalue weighted by atomic mass is 9.72. The summed E-state index contributed by atoms with van der Waals surface area (Å²) in [5.41, 5.74) is 0. The van der Waals surface area contributed by atoms with Crippen LogP contribution in [0, 0.1) is 23.7 Å². The number of ether oxygens (including phenoxy) is 2. The van der Waals surface area contributed by atoms with Gasteiger partial charge in [-0.2, -0.15) is 0 Å². The van der Waals surface area contributed by atoms with Crippen LogP contribution in [0.2, 0.25) is 0 Å². The smallest absolute Gasteiger partial charge is 0.306 e. The Morgan fingerprint density at radius 3 is 1.18 bits per heavy atom. The zero-order valence-electron chi connectivity index (χ0n) is 22.4. The second-order valence-electron chi connectivity index (χ2n) is 12.9. The summed E-state index contributed by atoms with van der Waals surface area (Å²) in [7, 11) is 12.7. The molecular formula is C27H52N2O4+2. The molecule has 0 atom stereocenters. The van der Waals surface area contributed by atoms with E-state index in [2.05, 4.69) is 42.3 Å². The van der Waals surface area contributed by atoms with Crippen LogP contribution in [-0.2, 0) is 19.1 Å². The molecule has 0 amide bonds. The zero-order valence-corrected chi connectivity index (χ0v) is 22.4. The third-order valence-corrected chi connectivity index (χ3v) is 7.56. The number of quaternary nitrogens is 2. The summed E-state index contributed by atoms with van der Waals surface area (Å²) in [5, 5.41) is 0. The molecule has 2 saturated carbocycles. The van der Waals surface area contributed by atoms with Gasteiger partial charge in [0, 0.05) is 12.8 Å². The Hall–Kier alpha value is -1.14. The van der Waals surface area contributed by atoms with Gasteiger partial charge in [0.2, 0.25) is 0 Å². The SMILES string of the molecule is C[N+](C)(C)CCOC(=O)CC1CCC(CC2CCC(CC(=O)OCC[N+](C)(C)C)CC2)CC1. The average molecular weight is 469 g/mol. The molecule has 0 heterocycles. The Morgan fingerprint density at radius 2 is 0.879 bits per heavy atom. The summed E-state index contributed by atoms with van der Waals surface area (Å²) in [4.78, 5) is 24.3. The molecular weight excluding hydrogens is 416 g/mol. The van der Waals surface area contributed by atoms with Gasteiger partial charge in [-0.15, -0.1) is 0 Å². The van der Waals surface area contributed by atoms with Crippen molar-refractivity contribution in [3.05, 3.63) is 0 Å². The van der Waals surface area contributed by atoms with E-state index in [1.54, 1.807) is 0 Å². The van der Waals surface area contributed by atoms with Gasteiger partial charge in [-0.05, 0) is 55.8 Å². The topological polar surface area (TPSA) is 52.6 Å². The van der Waals surface area contributed by atoms with Crippen molar-refractivity contribution in [1.29, 1.82) is 0 Å². The van der Waals surface area contributed by atoms with E-state index in [1.807, 2.05) is 0 Å². The van der Waals surface area contributed by atoms with Crippen molar-refractivity contribution in [2.45, 2.75) is 70.6 Å². The van der Waals surface area contributed by atoms with Crippen LogP contribution in [0.5, 0.6) is 0 Å². The molecule has 192 valence electrons. The Morgan fingerprint density at radius 1 is 0.576 bits per heavy atom. The molecule has 2 aliphatic rings. The van der Waals surface area contributed by atoms with Crippen LogP contribution in [0.1, 0.15) is 70.6 Å². The van der Waals surface area contributed by atoms with Gasteiger partial charge in [-0.3, -0.25) is 9.59 Å². The Labute approximate surface area is 203 Å². The summed E-state index contributed by atoms with van der Waals surface area (Å²) in [5.74, 6) is 2.63. The van der Waals surface area contributed by atoms with Crippen LogP contribution in [0.25, 0.3) is 0 Å². The Bertz CT molecular complexity index is 540. The first-order valence-electron chi connectivity index (χ1n) is 13.3. The number of nitrogens with zero attached hydrogens (tertiary/aromatic N) is 2. The zero-order chi connectivity index (χ0) is 24.5. The van der Waals surface area contributed by atoms with Crippen LogP contribution in [0.15, 0.2) is 0 Å². The number of carbonyl (C=O) groups excluding carboxylic acids is 2. The first-order chi connectivity index (χ1) is 15.4. The van der Waals surface area contributed by atoms with Gasteiger partial charge in [0.05, 0.1) is 42.3 Å². The molecule has 0 saturated heterocycles. The lowest BCUT2D eigenvalue weighted by Gasteiger charge is -2.34.